The normalized spacial score (nSPS) is 10.9. The van der Waals surface area contributed by atoms with Crippen molar-refractivity contribution in [3.05, 3.63) is 48.0 Å². The molecule has 0 saturated carbocycles. The van der Waals surface area contributed by atoms with E-state index in [-0.39, 0.29) is 0 Å². The highest BCUT2D eigenvalue weighted by Gasteiger charge is 1.93. The van der Waals surface area contributed by atoms with Gasteiger partial charge in [-0.2, -0.15) is 0 Å². The zero-order chi connectivity index (χ0) is 13.1. The van der Waals surface area contributed by atoms with Crippen molar-refractivity contribution in [1.82, 2.24) is 0 Å². The number of carboxylic acid groups (broad SMARTS) is 1. The molecule has 0 amide bonds. The van der Waals surface area contributed by atoms with E-state index in [0.29, 0.717) is 0 Å². The molecule has 0 unspecified atom stereocenters. The Morgan fingerprint density at radius 2 is 1.67 bits per heavy atom. The molecule has 0 aliphatic heterocycles. The fourth-order valence-corrected chi connectivity index (χ4v) is 1.95. The predicted molar refractivity (Wildman–Crippen MR) is 74.6 cm³/mol. The third-order valence-corrected chi connectivity index (χ3v) is 2.94. The van der Waals surface area contributed by atoms with Crippen LogP contribution in [0.15, 0.2) is 42.5 Å². The number of aliphatic carboxylic acids is 1. The molecule has 2 heteroatoms. The molecule has 0 aromatic heterocycles. The van der Waals surface area contributed by atoms with Gasteiger partial charge in [0.2, 0.25) is 0 Å². The second kappa shape index (κ2) is 9.46. The fraction of sp³-hybridized carbons (Fsp3) is 0.438. The van der Waals surface area contributed by atoms with E-state index in [4.69, 9.17) is 5.11 Å². The number of hydrogen-bond acceptors (Lipinski definition) is 1. The van der Waals surface area contributed by atoms with Gasteiger partial charge in [0.1, 0.15) is 0 Å². The van der Waals surface area contributed by atoms with Gasteiger partial charge in [-0.3, -0.25) is 0 Å². The summed E-state index contributed by atoms with van der Waals surface area (Å²) >= 11 is 0. The van der Waals surface area contributed by atoms with Gasteiger partial charge in [-0.25, -0.2) is 4.79 Å². The second-order valence-corrected chi connectivity index (χ2v) is 4.53. The number of allylic oxidation sites excluding steroid dienone is 1. The molecule has 1 rings (SSSR count). The maximum absolute atomic E-state index is 10.2. The van der Waals surface area contributed by atoms with Gasteiger partial charge in [-0.1, -0.05) is 55.7 Å². The summed E-state index contributed by atoms with van der Waals surface area (Å²) < 4.78 is 0. The first kappa shape index (κ1) is 14.5. The molecule has 0 spiro atoms. The topological polar surface area (TPSA) is 37.3 Å². The molecule has 2 nitrogen and oxygen atoms in total. The van der Waals surface area contributed by atoms with Crippen LogP contribution in [0.5, 0.6) is 0 Å². The Bertz CT molecular complexity index is 355. The average molecular weight is 246 g/mol. The summed E-state index contributed by atoms with van der Waals surface area (Å²) in [4.78, 5) is 10.2. The van der Waals surface area contributed by atoms with Gasteiger partial charge in [-0.05, 0) is 31.2 Å². The number of hydrogen-bond donors (Lipinski definition) is 1. The lowest BCUT2D eigenvalue weighted by Crippen LogP contribution is -1.86. The van der Waals surface area contributed by atoms with Gasteiger partial charge < -0.3 is 5.11 Å². The minimum Gasteiger partial charge on any atom is -0.478 e. The van der Waals surface area contributed by atoms with Gasteiger partial charge in [0, 0.05) is 6.08 Å². The molecule has 0 radical (unpaired) electrons. The van der Waals surface area contributed by atoms with Crippen LogP contribution in [0.3, 0.4) is 0 Å². The Morgan fingerprint density at radius 3 is 2.39 bits per heavy atom. The van der Waals surface area contributed by atoms with Crippen LogP contribution in [-0.4, -0.2) is 11.1 Å². The zero-order valence-electron chi connectivity index (χ0n) is 10.8. The third kappa shape index (κ3) is 7.66. The second-order valence-electron chi connectivity index (χ2n) is 4.53. The van der Waals surface area contributed by atoms with Crippen LogP contribution in [-0.2, 0) is 11.2 Å². The Hall–Kier alpha value is -1.57. The van der Waals surface area contributed by atoms with E-state index in [1.165, 1.54) is 43.7 Å². The maximum atomic E-state index is 10.2. The lowest BCUT2D eigenvalue weighted by Gasteiger charge is -2.01. The zero-order valence-corrected chi connectivity index (χ0v) is 10.8. The number of carboxylic acids is 1. The summed E-state index contributed by atoms with van der Waals surface area (Å²) in [6.07, 6.45) is 11.1. The Kier molecular flexibility index (Phi) is 7.61. The van der Waals surface area contributed by atoms with Crippen LogP contribution >= 0.6 is 0 Å². The summed E-state index contributed by atoms with van der Waals surface area (Å²) in [6.45, 7) is 0. The summed E-state index contributed by atoms with van der Waals surface area (Å²) in [7, 11) is 0. The molecule has 0 saturated heterocycles. The molecule has 0 atom stereocenters. The van der Waals surface area contributed by atoms with Gasteiger partial charge in [0.25, 0.3) is 0 Å². The van der Waals surface area contributed by atoms with Crippen LogP contribution in [0.25, 0.3) is 0 Å². The van der Waals surface area contributed by atoms with Crippen molar-refractivity contribution in [2.45, 2.75) is 44.9 Å². The molecule has 98 valence electrons. The number of rotatable bonds is 9. The minimum absolute atomic E-state index is 0.849. The Labute approximate surface area is 109 Å². The van der Waals surface area contributed by atoms with Crippen LogP contribution in [0.1, 0.15) is 44.1 Å². The SMILES string of the molecule is O=C(O)C=CCCCCCCCc1ccccc1. The smallest absolute Gasteiger partial charge is 0.327 e. The van der Waals surface area contributed by atoms with Gasteiger partial charge >= 0.3 is 5.97 Å². The summed E-state index contributed by atoms with van der Waals surface area (Å²) in [5.41, 5.74) is 1.42. The van der Waals surface area contributed by atoms with E-state index in [9.17, 15) is 4.79 Å². The van der Waals surface area contributed by atoms with E-state index >= 15 is 0 Å². The van der Waals surface area contributed by atoms with Crippen molar-refractivity contribution in [2.24, 2.45) is 0 Å². The Morgan fingerprint density at radius 1 is 1.00 bits per heavy atom. The quantitative estimate of drug-likeness (QED) is 0.523. The lowest BCUT2D eigenvalue weighted by molar-refractivity contribution is -0.131. The van der Waals surface area contributed by atoms with Gasteiger partial charge in [0.05, 0.1) is 0 Å². The molecule has 0 bridgehead atoms. The minimum atomic E-state index is -0.849. The summed E-state index contributed by atoms with van der Waals surface area (Å²) in [6, 6.07) is 10.6. The van der Waals surface area contributed by atoms with Crippen molar-refractivity contribution in [1.29, 1.82) is 0 Å². The highest BCUT2D eigenvalue weighted by molar-refractivity contribution is 5.79. The van der Waals surface area contributed by atoms with Crippen LogP contribution < -0.4 is 0 Å². The molecule has 0 heterocycles. The van der Waals surface area contributed by atoms with E-state index in [1.54, 1.807) is 6.08 Å². The number of benzene rings is 1. The highest BCUT2D eigenvalue weighted by atomic mass is 16.4. The number of unbranched alkanes of at least 4 members (excludes halogenated alkanes) is 5. The average Bonchev–Trinajstić information content (AvgIpc) is 2.37. The molecule has 1 aromatic rings. The maximum Gasteiger partial charge on any atom is 0.327 e. The van der Waals surface area contributed by atoms with Crippen molar-refractivity contribution < 1.29 is 9.90 Å². The first-order valence-corrected chi connectivity index (χ1v) is 6.72. The predicted octanol–water partition coefficient (Wildman–Crippen LogP) is 4.21. The van der Waals surface area contributed by atoms with Crippen molar-refractivity contribution >= 4 is 5.97 Å². The summed E-state index contributed by atoms with van der Waals surface area (Å²) in [5.74, 6) is -0.849. The Balaban J connectivity index is 1.92. The number of aryl methyl sites for hydroxylation is 1. The molecule has 0 aliphatic carbocycles. The number of carbonyl (C=O) groups is 1. The van der Waals surface area contributed by atoms with Crippen molar-refractivity contribution in [3.63, 3.8) is 0 Å². The van der Waals surface area contributed by atoms with Gasteiger partial charge in [-0.15, -0.1) is 0 Å². The van der Waals surface area contributed by atoms with Crippen LogP contribution in [0.4, 0.5) is 0 Å². The monoisotopic (exact) mass is 246 g/mol. The third-order valence-electron chi connectivity index (χ3n) is 2.94. The van der Waals surface area contributed by atoms with Crippen LogP contribution in [0.2, 0.25) is 0 Å². The molecule has 1 N–H and O–H groups in total. The molecule has 1 aromatic carbocycles. The first-order chi connectivity index (χ1) is 8.79. The molecule has 0 aliphatic rings. The lowest BCUT2D eigenvalue weighted by atomic mass is 10.0. The molecular weight excluding hydrogens is 224 g/mol. The fourth-order valence-electron chi connectivity index (χ4n) is 1.95. The van der Waals surface area contributed by atoms with E-state index in [2.05, 4.69) is 24.3 Å². The van der Waals surface area contributed by atoms with Gasteiger partial charge in [0.15, 0.2) is 0 Å². The molecule has 18 heavy (non-hydrogen) atoms. The summed E-state index contributed by atoms with van der Waals surface area (Å²) in [5, 5.41) is 8.41. The standard InChI is InChI=1S/C16H22O2/c17-16(18)14-10-5-3-1-2-4-7-11-15-12-8-6-9-13-15/h6,8-10,12-14H,1-5,7,11H2,(H,17,18). The first-order valence-electron chi connectivity index (χ1n) is 6.72. The van der Waals surface area contributed by atoms with Crippen molar-refractivity contribution in [3.8, 4) is 0 Å². The highest BCUT2D eigenvalue weighted by Crippen LogP contribution is 2.09. The van der Waals surface area contributed by atoms with E-state index in [1.807, 2.05) is 6.07 Å². The molecule has 0 fully saturated rings. The van der Waals surface area contributed by atoms with E-state index in [0.717, 1.165) is 12.8 Å². The van der Waals surface area contributed by atoms with E-state index < -0.39 is 5.97 Å². The van der Waals surface area contributed by atoms with Crippen LogP contribution in [0, 0.1) is 0 Å². The molecular formula is C16H22O2. The van der Waals surface area contributed by atoms with Crippen molar-refractivity contribution in [2.75, 3.05) is 0 Å². The largest absolute Gasteiger partial charge is 0.478 e.